The number of quaternary nitrogens is 1. The molecule has 0 spiro atoms. The van der Waals surface area contributed by atoms with Crippen molar-refractivity contribution in [3.05, 3.63) is 101 Å². The van der Waals surface area contributed by atoms with Crippen molar-refractivity contribution in [1.82, 2.24) is 5.32 Å². The molecule has 0 radical (unpaired) electrons. The summed E-state index contributed by atoms with van der Waals surface area (Å²) in [5.74, 6) is -0.104. The van der Waals surface area contributed by atoms with Gasteiger partial charge in [0.1, 0.15) is 18.3 Å². The van der Waals surface area contributed by atoms with Crippen LogP contribution in [0.1, 0.15) is 33.6 Å². The van der Waals surface area contributed by atoms with E-state index in [4.69, 9.17) is 5.21 Å². The number of amides is 1. The Labute approximate surface area is 190 Å². The Bertz CT molecular complexity index is 1030. The maximum atomic E-state index is 12.7. The molecule has 2 aromatic carbocycles. The third-order valence-electron chi connectivity index (χ3n) is 5.39. The third kappa shape index (κ3) is 7.03. The van der Waals surface area contributed by atoms with Crippen molar-refractivity contribution in [2.75, 3.05) is 27.2 Å². The maximum Gasteiger partial charge on any atom is 0.257 e. The van der Waals surface area contributed by atoms with Gasteiger partial charge in [0.25, 0.3) is 5.91 Å². The molecule has 0 unspecified atom stereocenters. The van der Waals surface area contributed by atoms with Gasteiger partial charge in [-0.2, -0.15) is 4.57 Å². The lowest BCUT2D eigenvalue weighted by molar-refractivity contribution is -0.903. The molecule has 0 saturated heterocycles. The topological polar surface area (TPSA) is 65.6 Å². The summed E-state index contributed by atoms with van der Waals surface area (Å²) >= 11 is 0. The van der Waals surface area contributed by atoms with E-state index in [1.807, 2.05) is 41.0 Å². The van der Waals surface area contributed by atoms with Crippen LogP contribution < -0.4 is 9.88 Å². The first-order valence-corrected chi connectivity index (χ1v) is 10.9. The van der Waals surface area contributed by atoms with Crippen LogP contribution >= 0.6 is 0 Å². The number of carbonyl (C=O) groups excluding carboxylic acids is 1. The van der Waals surface area contributed by atoms with Gasteiger partial charge >= 0.3 is 0 Å². The molecule has 3 aromatic rings. The van der Waals surface area contributed by atoms with Gasteiger partial charge in [0.15, 0.2) is 12.7 Å². The van der Waals surface area contributed by atoms with Crippen LogP contribution in [0.25, 0.3) is 0 Å². The van der Waals surface area contributed by atoms with Crippen molar-refractivity contribution >= 4 is 12.1 Å². The molecule has 0 bridgehead atoms. The molecule has 166 valence electrons. The fourth-order valence-electron chi connectivity index (χ4n) is 3.75. The van der Waals surface area contributed by atoms with Gasteiger partial charge in [-0.1, -0.05) is 65.8 Å². The van der Waals surface area contributed by atoms with Crippen molar-refractivity contribution in [3.8, 4) is 0 Å². The number of hydrogen-bond acceptors (Lipinski definition) is 3. The molecule has 6 heteroatoms. The summed E-state index contributed by atoms with van der Waals surface area (Å²) in [7, 11) is 4.42. The van der Waals surface area contributed by atoms with Crippen molar-refractivity contribution in [2.24, 2.45) is 5.16 Å². The molecule has 0 aliphatic heterocycles. The van der Waals surface area contributed by atoms with Gasteiger partial charge in [-0.05, 0) is 6.07 Å². The molecule has 1 amide bonds. The maximum absolute atomic E-state index is 12.7. The second kappa shape index (κ2) is 11.2. The zero-order valence-corrected chi connectivity index (χ0v) is 18.8. The molecule has 6 nitrogen and oxygen atoms in total. The number of pyridine rings is 1. The van der Waals surface area contributed by atoms with Gasteiger partial charge in [0.2, 0.25) is 5.69 Å². The van der Waals surface area contributed by atoms with Crippen molar-refractivity contribution in [2.45, 2.75) is 19.5 Å². The number of oxime groups is 1. The van der Waals surface area contributed by atoms with Crippen molar-refractivity contribution in [3.63, 3.8) is 0 Å². The normalized spacial score (nSPS) is 11.6. The van der Waals surface area contributed by atoms with E-state index in [2.05, 4.69) is 48.8 Å². The first-order valence-electron chi connectivity index (χ1n) is 10.9. The fourth-order valence-corrected chi connectivity index (χ4v) is 3.75. The molecule has 2 N–H and O–H groups in total. The summed E-state index contributed by atoms with van der Waals surface area (Å²) in [5, 5.41) is 15.1. The molecule has 0 aliphatic rings. The molecule has 0 aliphatic carbocycles. The average molecular weight is 433 g/mol. The van der Waals surface area contributed by atoms with Crippen LogP contribution in [-0.4, -0.2) is 49.0 Å². The van der Waals surface area contributed by atoms with Crippen molar-refractivity contribution in [1.29, 1.82) is 0 Å². The number of rotatable bonds is 10. The second-order valence-electron chi connectivity index (χ2n) is 8.61. The Hall–Kier alpha value is -3.51. The Morgan fingerprint density at radius 2 is 1.66 bits per heavy atom. The van der Waals surface area contributed by atoms with Crippen molar-refractivity contribution < 1.29 is 19.1 Å². The molecular weight excluding hydrogens is 400 g/mol. The zero-order valence-electron chi connectivity index (χ0n) is 18.8. The van der Waals surface area contributed by atoms with E-state index < -0.39 is 0 Å². The van der Waals surface area contributed by atoms with E-state index in [0.29, 0.717) is 24.3 Å². The zero-order chi connectivity index (χ0) is 22.8. The minimum absolute atomic E-state index is 0.104. The number of hydrogen-bond donors (Lipinski definition) is 2. The average Bonchev–Trinajstić information content (AvgIpc) is 2.79. The van der Waals surface area contributed by atoms with E-state index in [-0.39, 0.29) is 5.91 Å². The molecule has 3 rings (SSSR count). The van der Waals surface area contributed by atoms with Gasteiger partial charge in [-0.3, -0.25) is 4.79 Å². The molecule has 1 aromatic heterocycles. The van der Waals surface area contributed by atoms with E-state index in [9.17, 15) is 4.79 Å². The van der Waals surface area contributed by atoms with E-state index in [0.717, 1.165) is 29.6 Å². The second-order valence-corrected chi connectivity index (χ2v) is 8.61. The highest BCUT2D eigenvalue weighted by atomic mass is 16.4. The van der Waals surface area contributed by atoms with Gasteiger partial charge in [0, 0.05) is 30.2 Å². The smallest absolute Gasteiger partial charge is 0.257 e. The van der Waals surface area contributed by atoms with Gasteiger partial charge < -0.3 is 15.0 Å². The highest BCUT2D eigenvalue weighted by molar-refractivity contribution is 5.93. The summed E-state index contributed by atoms with van der Waals surface area (Å²) in [6.07, 6.45) is 4.07. The summed E-state index contributed by atoms with van der Waals surface area (Å²) in [6.45, 7) is 3.12. The number of carbonyl (C=O) groups is 1. The summed E-state index contributed by atoms with van der Waals surface area (Å²) in [4.78, 5) is 12.7. The fraction of sp³-hybridized carbons (Fsp3) is 0.269. The van der Waals surface area contributed by atoms with Gasteiger partial charge in [0.05, 0.1) is 20.6 Å². The summed E-state index contributed by atoms with van der Waals surface area (Å²) < 4.78 is 2.77. The third-order valence-corrected chi connectivity index (χ3v) is 5.39. The minimum Gasteiger partial charge on any atom is -0.411 e. The molecule has 0 saturated carbocycles. The SMILES string of the molecule is C[N+](C)(CCCNC(=O)c1ccc(/C=N/O)[n+](Cc2ccccc2)c1)Cc1ccccc1. The number of nitrogens with zero attached hydrogens (tertiary/aromatic N) is 3. The van der Waals surface area contributed by atoms with E-state index >= 15 is 0 Å². The van der Waals surface area contributed by atoms with Crippen LogP contribution in [0.2, 0.25) is 0 Å². The van der Waals surface area contributed by atoms with Crippen LogP contribution in [0.5, 0.6) is 0 Å². The predicted molar refractivity (Wildman–Crippen MR) is 126 cm³/mol. The van der Waals surface area contributed by atoms with Gasteiger partial charge in [-0.25, -0.2) is 0 Å². The molecule has 32 heavy (non-hydrogen) atoms. The predicted octanol–water partition coefficient (Wildman–Crippen LogP) is 3.23. The lowest BCUT2D eigenvalue weighted by Crippen LogP contribution is -2.42. The highest BCUT2D eigenvalue weighted by Gasteiger charge is 2.18. The van der Waals surface area contributed by atoms with Crippen LogP contribution in [0.4, 0.5) is 0 Å². The minimum atomic E-state index is -0.104. The Balaban J connectivity index is 1.57. The Morgan fingerprint density at radius 1 is 1.00 bits per heavy atom. The highest BCUT2D eigenvalue weighted by Crippen LogP contribution is 2.09. The van der Waals surface area contributed by atoms with Gasteiger partial charge in [-0.15, -0.1) is 0 Å². The van der Waals surface area contributed by atoms with Crippen LogP contribution in [-0.2, 0) is 13.1 Å². The first-order chi connectivity index (χ1) is 15.5. The monoisotopic (exact) mass is 432 g/mol. The number of nitrogens with one attached hydrogen (secondary N) is 1. The Kier molecular flexibility index (Phi) is 8.11. The molecule has 1 heterocycles. The lowest BCUT2D eigenvalue weighted by atomic mass is 10.2. The molecule has 0 atom stereocenters. The molecule has 0 fully saturated rings. The Morgan fingerprint density at radius 3 is 2.31 bits per heavy atom. The van der Waals surface area contributed by atoms with E-state index in [1.54, 1.807) is 18.3 Å². The first kappa shape index (κ1) is 23.2. The van der Waals surface area contributed by atoms with E-state index in [1.165, 1.54) is 11.8 Å². The van der Waals surface area contributed by atoms with Crippen LogP contribution in [0.15, 0.2) is 84.1 Å². The molecular formula is C26H32N4O2+2. The lowest BCUT2D eigenvalue weighted by Gasteiger charge is -2.30. The standard InChI is InChI=1S/C26H30N4O2/c1-30(2,21-23-12-7-4-8-13-23)17-9-16-27-26(31)24-14-15-25(18-28-32)29(20-24)19-22-10-5-3-6-11-22/h3-8,10-15,18,20H,9,16-17,19,21H2,1-2H3/p+2. The largest absolute Gasteiger partial charge is 0.411 e. The number of aromatic nitrogens is 1. The quantitative estimate of drug-likeness (QED) is 0.129. The van der Waals surface area contributed by atoms with Crippen LogP contribution in [0, 0.1) is 0 Å². The van der Waals surface area contributed by atoms with Crippen LogP contribution in [0.3, 0.4) is 0 Å². The summed E-state index contributed by atoms with van der Waals surface area (Å²) in [5.41, 5.74) is 3.71. The summed E-state index contributed by atoms with van der Waals surface area (Å²) in [6, 6.07) is 24.0. The number of benzene rings is 2.